The van der Waals surface area contributed by atoms with Crippen molar-refractivity contribution in [3.63, 3.8) is 0 Å². The summed E-state index contributed by atoms with van der Waals surface area (Å²) >= 11 is 0. The van der Waals surface area contributed by atoms with Crippen LogP contribution in [0.5, 0.6) is 0 Å². The van der Waals surface area contributed by atoms with Gasteiger partial charge in [0.25, 0.3) is 5.91 Å². The SMILES string of the molecule is O=C(COC(=O)[C@@H]1CCCO1)NCCc1ccccc1F. The number of ether oxygens (including phenoxy) is 2. The molecular formula is C15H18FNO4. The Labute approximate surface area is 122 Å². The summed E-state index contributed by atoms with van der Waals surface area (Å²) in [5, 5.41) is 2.58. The lowest BCUT2D eigenvalue weighted by Gasteiger charge is -2.10. The Balaban J connectivity index is 1.63. The first-order valence-corrected chi connectivity index (χ1v) is 6.95. The van der Waals surface area contributed by atoms with Gasteiger partial charge in [0.1, 0.15) is 5.82 Å². The highest BCUT2D eigenvalue weighted by molar-refractivity contribution is 5.82. The van der Waals surface area contributed by atoms with E-state index in [1.165, 1.54) is 6.07 Å². The van der Waals surface area contributed by atoms with Crippen LogP contribution in [-0.4, -0.2) is 37.7 Å². The zero-order valence-corrected chi connectivity index (χ0v) is 11.6. The molecule has 1 saturated heterocycles. The number of esters is 1. The van der Waals surface area contributed by atoms with E-state index >= 15 is 0 Å². The van der Waals surface area contributed by atoms with E-state index < -0.39 is 18.0 Å². The Kier molecular flexibility index (Phi) is 5.68. The van der Waals surface area contributed by atoms with Crippen LogP contribution in [0.1, 0.15) is 18.4 Å². The van der Waals surface area contributed by atoms with Crippen LogP contribution < -0.4 is 5.32 Å². The molecule has 2 rings (SSSR count). The maximum absolute atomic E-state index is 13.3. The largest absolute Gasteiger partial charge is 0.454 e. The fraction of sp³-hybridized carbons (Fsp3) is 0.467. The van der Waals surface area contributed by atoms with Gasteiger partial charge in [-0.05, 0) is 30.9 Å². The van der Waals surface area contributed by atoms with Crippen LogP contribution in [0, 0.1) is 5.82 Å². The van der Waals surface area contributed by atoms with Gasteiger partial charge in [0, 0.05) is 13.2 Å². The van der Waals surface area contributed by atoms with Crippen LogP contribution in [0.4, 0.5) is 4.39 Å². The summed E-state index contributed by atoms with van der Waals surface area (Å²) in [6, 6.07) is 6.39. The molecule has 1 aliphatic rings. The predicted molar refractivity (Wildman–Crippen MR) is 73.0 cm³/mol. The summed E-state index contributed by atoms with van der Waals surface area (Å²) in [5.41, 5.74) is 0.536. The topological polar surface area (TPSA) is 64.6 Å². The molecule has 0 aliphatic carbocycles. The van der Waals surface area contributed by atoms with Crippen LogP contribution in [0.3, 0.4) is 0 Å². The van der Waals surface area contributed by atoms with Gasteiger partial charge in [-0.15, -0.1) is 0 Å². The first-order valence-electron chi connectivity index (χ1n) is 6.95. The van der Waals surface area contributed by atoms with Gasteiger partial charge in [-0.3, -0.25) is 4.79 Å². The summed E-state index contributed by atoms with van der Waals surface area (Å²) < 4.78 is 23.4. The smallest absolute Gasteiger partial charge is 0.335 e. The molecule has 0 aromatic heterocycles. The van der Waals surface area contributed by atoms with Crippen molar-refractivity contribution in [1.82, 2.24) is 5.32 Å². The molecule has 0 radical (unpaired) electrons. The fourth-order valence-electron chi connectivity index (χ4n) is 2.08. The van der Waals surface area contributed by atoms with Gasteiger partial charge >= 0.3 is 5.97 Å². The number of carbonyl (C=O) groups excluding carboxylic acids is 2. The van der Waals surface area contributed by atoms with Crippen LogP contribution in [0.15, 0.2) is 24.3 Å². The lowest BCUT2D eigenvalue weighted by atomic mass is 10.1. The first kappa shape index (κ1) is 15.4. The van der Waals surface area contributed by atoms with Crippen LogP contribution in [0.25, 0.3) is 0 Å². The fourth-order valence-corrected chi connectivity index (χ4v) is 2.08. The molecule has 1 atom stereocenters. The van der Waals surface area contributed by atoms with Crippen molar-refractivity contribution in [2.75, 3.05) is 19.8 Å². The second-order valence-corrected chi connectivity index (χ2v) is 4.80. The number of nitrogens with one attached hydrogen (secondary N) is 1. The molecule has 1 amide bonds. The molecule has 6 heteroatoms. The summed E-state index contributed by atoms with van der Waals surface area (Å²) in [4.78, 5) is 23.0. The quantitative estimate of drug-likeness (QED) is 0.801. The third-order valence-corrected chi connectivity index (χ3v) is 3.21. The number of halogens is 1. The minimum atomic E-state index is -0.545. The van der Waals surface area contributed by atoms with Gasteiger partial charge in [0.2, 0.25) is 0 Å². The van der Waals surface area contributed by atoms with Gasteiger partial charge in [-0.25, -0.2) is 9.18 Å². The van der Waals surface area contributed by atoms with E-state index in [-0.39, 0.29) is 19.0 Å². The number of hydrogen-bond donors (Lipinski definition) is 1. The molecule has 5 nitrogen and oxygen atoms in total. The van der Waals surface area contributed by atoms with Crippen LogP contribution in [-0.2, 0) is 25.5 Å². The standard InChI is InChI=1S/C15H18FNO4/c16-12-5-2-1-4-11(12)7-8-17-14(18)10-21-15(19)13-6-3-9-20-13/h1-2,4-5,13H,3,6-10H2,(H,17,18)/t13-/m0/s1. The zero-order chi connectivity index (χ0) is 15.1. The molecule has 1 heterocycles. The van der Waals surface area contributed by atoms with Crippen molar-refractivity contribution >= 4 is 11.9 Å². The summed E-state index contributed by atoms with van der Waals surface area (Å²) in [7, 11) is 0. The molecule has 114 valence electrons. The average molecular weight is 295 g/mol. The predicted octanol–water partition coefficient (Wildman–Crippen LogP) is 1.21. The van der Waals surface area contributed by atoms with E-state index in [4.69, 9.17) is 9.47 Å². The van der Waals surface area contributed by atoms with E-state index in [0.29, 0.717) is 25.0 Å². The molecule has 1 aromatic rings. The van der Waals surface area contributed by atoms with Crippen molar-refractivity contribution < 1.29 is 23.5 Å². The Hall–Kier alpha value is -1.95. The number of carbonyl (C=O) groups is 2. The highest BCUT2D eigenvalue weighted by atomic mass is 19.1. The number of benzene rings is 1. The Morgan fingerprint density at radius 1 is 1.38 bits per heavy atom. The minimum absolute atomic E-state index is 0.289. The van der Waals surface area contributed by atoms with Crippen molar-refractivity contribution in [3.8, 4) is 0 Å². The highest BCUT2D eigenvalue weighted by Crippen LogP contribution is 2.13. The summed E-state index contributed by atoms with van der Waals surface area (Å²) in [6.45, 7) is 0.502. The second kappa shape index (κ2) is 7.73. The van der Waals surface area contributed by atoms with E-state index in [0.717, 1.165) is 6.42 Å². The molecule has 1 fully saturated rings. The molecular weight excluding hydrogens is 277 g/mol. The Bertz CT molecular complexity index is 500. The lowest BCUT2D eigenvalue weighted by Crippen LogP contribution is -2.32. The van der Waals surface area contributed by atoms with Gasteiger partial charge in [-0.2, -0.15) is 0 Å². The van der Waals surface area contributed by atoms with Crippen molar-refractivity contribution in [2.45, 2.75) is 25.4 Å². The molecule has 1 aliphatic heterocycles. The molecule has 0 saturated carbocycles. The van der Waals surface area contributed by atoms with Gasteiger partial charge in [-0.1, -0.05) is 18.2 Å². The summed E-state index contributed by atoms with van der Waals surface area (Å²) in [5.74, 6) is -1.20. The van der Waals surface area contributed by atoms with Crippen LogP contribution in [0.2, 0.25) is 0 Å². The Morgan fingerprint density at radius 3 is 2.90 bits per heavy atom. The maximum Gasteiger partial charge on any atom is 0.335 e. The average Bonchev–Trinajstić information content (AvgIpc) is 3.01. The van der Waals surface area contributed by atoms with Crippen molar-refractivity contribution in [1.29, 1.82) is 0 Å². The molecule has 21 heavy (non-hydrogen) atoms. The van der Waals surface area contributed by atoms with Gasteiger partial charge < -0.3 is 14.8 Å². The van der Waals surface area contributed by atoms with Gasteiger partial charge in [0.05, 0.1) is 0 Å². The third-order valence-electron chi connectivity index (χ3n) is 3.21. The van der Waals surface area contributed by atoms with E-state index in [1.54, 1.807) is 18.2 Å². The number of rotatable bonds is 6. The van der Waals surface area contributed by atoms with E-state index in [1.807, 2.05) is 0 Å². The normalized spacial score (nSPS) is 17.5. The molecule has 1 N–H and O–H groups in total. The molecule has 0 unspecified atom stereocenters. The third kappa shape index (κ3) is 4.82. The van der Waals surface area contributed by atoms with Crippen LogP contribution >= 0.6 is 0 Å². The Morgan fingerprint density at radius 2 is 2.19 bits per heavy atom. The molecule has 0 spiro atoms. The summed E-state index contributed by atoms with van der Waals surface area (Å²) in [6.07, 6.45) is 1.30. The molecule has 1 aromatic carbocycles. The van der Waals surface area contributed by atoms with E-state index in [2.05, 4.69) is 5.32 Å². The number of amides is 1. The van der Waals surface area contributed by atoms with Crippen molar-refractivity contribution in [2.24, 2.45) is 0 Å². The van der Waals surface area contributed by atoms with E-state index in [9.17, 15) is 14.0 Å². The highest BCUT2D eigenvalue weighted by Gasteiger charge is 2.25. The number of hydrogen-bond acceptors (Lipinski definition) is 4. The van der Waals surface area contributed by atoms with Crippen molar-refractivity contribution in [3.05, 3.63) is 35.6 Å². The second-order valence-electron chi connectivity index (χ2n) is 4.80. The minimum Gasteiger partial charge on any atom is -0.454 e. The van der Waals surface area contributed by atoms with Gasteiger partial charge in [0.15, 0.2) is 12.7 Å². The lowest BCUT2D eigenvalue weighted by molar-refractivity contribution is -0.157. The monoisotopic (exact) mass is 295 g/mol. The molecule has 0 bridgehead atoms. The maximum atomic E-state index is 13.3. The zero-order valence-electron chi connectivity index (χ0n) is 11.6. The first-order chi connectivity index (χ1) is 10.2.